The minimum absolute atomic E-state index is 0.194. The zero-order valence-electron chi connectivity index (χ0n) is 18.9. The van der Waals surface area contributed by atoms with E-state index in [9.17, 15) is 4.79 Å². The van der Waals surface area contributed by atoms with Crippen LogP contribution in [0.2, 0.25) is 0 Å². The Morgan fingerprint density at radius 2 is 1.74 bits per heavy atom. The van der Waals surface area contributed by atoms with E-state index in [2.05, 4.69) is 67.1 Å². The molecule has 1 N–H and O–H groups in total. The summed E-state index contributed by atoms with van der Waals surface area (Å²) in [6.07, 6.45) is 1.88. The highest BCUT2D eigenvalue weighted by Gasteiger charge is 2.12. The Morgan fingerprint density at radius 1 is 1.00 bits per heavy atom. The molecule has 6 nitrogen and oxygen atoms in total. The van der Waals surface area contributed by atoms with Crippen molar-refractivity contribution < 1.29 is 14.3 Å². The predicted molar refractivity (Wildman–Crippen MR) is 124 cm³/mol. The van der Waals surface area contributed by atoms with Crippen molar-refractivity contribution in [2.75, 3.05) is 14.2 Å². The number of hydrogen-bond acceptors (Lipinski definition) is 4. The summed E-state index contributed by atoms with van der Waals surface area (Å²) in [5.74, 6) is 1.02. The van der Waals surface area contributed by atoms with Gasteiger partial charge in [-0.15, -0.1) is 0 Å². The van der Waals surface area contributed by atoms with Crippen LogP contribution >= 0.6 is 0 Å². The Bertz CT molecular complexity index is 1130. The standard InChI is InChI=1S/C25H29N3O3/c1-16-7-9-22(17(2)11-16)28-18(3)12-21(19(28)4)15-26-27-25(29)14-20-8-10-23(30-5)24(13-20)31-6/h7-13,15H,14H2,1-6H3,(H,27,29)/b26-15-. The largest absolute Gasteiger partial charge is 0.493 e. The number of carbonyl (C=O) groups is 1. The van der Waals surface area contributed by atoms with Crippen LogP contribution < -0.4 is 14.9 Å². The molecule has 162 valence electrons. The molecule has 0 saturated heterocycles. The third-order valence-electron chi connectivity index (χ3n) is 5.27. The Kier molecular flexibility index (Phi) is 6.80. The fourth-order valence-electron chi connectivity index (χ4n) is 3.73. The molecule has 3 aromatic rings. The Labute approximate surface area is 183 Å². The average molecular weight is 420 g/mol. The summed E-state index contributed by atoms with van der Waals surface area (Å²) in [5.41, 5.74) is 10.2. The fourth-order valence-corrected chi connectivity index (χ4v) is 3.73. The van der Waals surface area contributed by atoms with Crippen LogP contribution in [-0.4, -0.2) is 30.9 Å². The summed E-state index contributed by atoms with van der Waals surface area (Å²) in [5, 5.41) is 4.17. The highest BCUT2D eigenvalue weighted by Crippen LogP contribution is 2.27. The highest BCUT2D eigenvalue weighted by molar-refractivity contribution is 5.85. The van der Waals surface area contributed by atoms with Gasteiger partial charge in [-0.25, -0.2) is 5.43 Å². The number of amides is 1. The smallest absolute Gasteiger partial charge is 0.244 e. The number of methoxy groups -OCH3 is 2. The van der Waals surface area contributed by atoms with E-state index in [0.717, 1.165) is 28.2 Å². The van der Waals surface area contributed by atoms with Crippen molar-refractivity contribution in [2.24, 2.45) is 5.10 Å². The molecule has 0 aliphatic carbocycles. The summed E-state index contributed by atoms with van der Waals surface area (Å²) >= 11 is 0. The number of ether oxygens (including phenoxy) is 2. The molecule has 0 bridgehead atoms. The quantitative estimate of drug-likeness (QED) is 0.455. The number of rotatable bonds is 7. The van der Waals surface area contributed by atoms with Crippen LogP contribution in [0.5, 0.6) is 11.5 Å². The maximum absolute atomic E-state index is 12.3. The second kappa shape index (κ2) is 9.51. The van der Waals surface area contributed by atoms with Crippen LogP contribution in [0, 0.1) is 27.7 Å². The number of benzene rings is 2. The molecule has 31 heavy (non-hydrogen) atoms. The molecule has 0 saturated carbocycles. The van der Waals surface area contributed by atoms with Crippen molar-refractivity contribution in [1.82, 2.24) is 9.99 Å². The van der Waals surface area contributed by atoms with Crippen LogP contribution in [0.1, 0.15) is 33.6 Å². The Balaban J connectivity index is 1.71. The molecule has 0 atom stereocenters. The Morgan fingerprint density at radius 3 is 2.42 bits per heavy atom. The van der Waals surface area contributed by atoms with E-state index in [1.54, 1.807) is 32.6 Å². The number of nitrogens with zero attached hydrogens (tertiary/aromatic N) is 2. The maximum atomic E-state index is 12.3. The lowest BCUT2D eigenvalue weighted by molar-refractivity contribution is -0.120. The van der Waals surface area contributed by atoms with E-state index < -0.39 is 0 Å². The highest BCUT2D eigenvalue weighted by atomic mass is 16.5. The van der Waals surface area contributed by atoms with E-state index in [1.165, 1.54) is 11.1 Å². The molecule has 0 aliphatic rings. The second-order valence-corrected chi connectivity index (χ2v) is 7.61. The van der Waals surface area contributed by atoms with E-state index >= 15 is 0 Å². The molecular weight excluding hydrogens is 390 g/mol. The van der Waals surface area contributed by atoms with Crippen molar-refractivity contribution in [3.05, 3.63) is 76.1 Å². The van der Waals surface area contributed by atoms with Gasteiger partial charge in [0, 0.05) is 22.6 Å². The van der Waals surface area contributed by atoms with Gasteiger partial charge >= 0.3 is 0 Å². The molecule has 1 heterocycles. The molecule has 2 aromatic carbocycles. The second-order valence-electron chi connectivity index (χ2n) is 7.61. The minimum atomic E-state index is -0.202. The molecule has 0 fully saturated rings. The van der Waals surface area contributed by atoms with Crippen LogP contribution in [0.25, 0.3) is 5.69 Å². The number of aryl methyl sites for hydroxylation is 3. The molecule has 0 radical (unpaired) electrons. The van der Waals surface area contributed by atoms with Gasteiger partial charge in [-0.3, -0.25) is 4.79 Å². The van der Waals surface area contributed by atoms with Crippen LogP contribution in [0.15, 0.2) is 47.6 Å². The molecular formula is C25H29N3O3. The van der Waals surface area contributed by atoms with Gasteiger partial charge in [0.1, 0.15) is 0 Å². The number of nitrogens with one attached hydrogen (secondary N) is 1. The number of aromatic nitrogens is 1. The maximum Gasteiger partial charge on any atom is 0.244 e. The molecule has 1 aromatic heterocycles. The van der Waals surface area contributed by atoms with Crippen LogP contribution in [-0.2, 0) is 11.2 Å². The first-order valence-electron chi connectivity index (χ1n) is 10.1. The number of hydrazone groups is 1. The van der Waals surface area contributed by atoms with Gasteiger partial charge in [0.25, 0.3) is 0 Å². The van der Waals surface area contributed by atoms with E-state index in [4.69, 9.17) is 9.47 Å². The van der Waals surface area contributed by atoms with Crippen LogP contribution in [0.4, 0.5) is 0 Å². The van der Waals surface area contributed by atoms with Crippen molar-refractivity contribution >= 4 is 12.1 Å². The molecule has 3 rings (SSSR count). The summed E-state index contributed by atoms with van der Waals surface area (Å²) in [4.78, 5) is 12.3. The van der Waals surface area contributed by atoms with Crippen molar-refractivity contribution in [3.8, 4) is 17.2 Å². The Hall–Kier alpha value is -3.54. The normalized spacial score (nSPS) is 11.0. The van der Waals surface area contributed by atoms with E-state index in [-0.39, 0.29) is 12.3 Å². The van der Waals surface area contributed by atoms with E-state index in [0.29, 0.717) is 11.5 Å². The zero-order chi connectivity index (χ0) is 22.5. The summed E-state index contributed by atoms with van der Waals surface area (Å²) in [6, 6.07) is 13.9. The van der Waals surface area contributed by atoms with Gasteiger partial charge in [0.15, 0.2) is 11.5 Å². The lowest BCUT2D eigenvalue weighted by Gasteiger charge is -2.13. The fraction of sp³-hybridized carbons (Fsp3) is 0.280. The van der Waals surface area contributed by atoms with Gasteiger partial charge < -0.3 is 14.0 Å². The van der Waals surface area contributed by atoms with Gasteiger partial charge in [-0.1, -0.05) is 23.8 Å². The topological polar surface area (TPSA) is 64.8 Å². The van der Waals surface area contributed by atoms with Crippen molar-refractivity contribution in [1.29, 1.82) is 0 Å². The lowest BCUT2D eigenvalue weighted by atomic mass is 10.1. The van der Waals surface area contributed by atoms with Gasteiger partial charge in [-0.05, 0) is 63.1 Å². The summed E-state index contributed by atoms with van der Waals surface area (Å²) in [6.45, 7) is 8.33. The summed E-state index contributed by atoms with van der Waals surface area (Å²) < 4.78 is 12.7. The molecule has 1 amide bonds. The molecule has 0 aliphatic heterocycles. The molecule has 0 unspecified atom stereocenters. The summed E-state index contributed by atoms with van der Waals surface area (Å²) in [7, 11) is 3.15. The van der Waals surface area contributed by atoms with Gasteiger partial charge in [0.2, 0.25) is 5.91 Å². The first kappa shape index (κ1) is 22.2. The first-order chi connectivity index (χ1) is 14.8. The van der Waals surface area contributed by atoms with E-state index in [1.807, 2.05) is 6.07 Å². The number of hydrogen-bond donors (Lipinski definition) is 1. The van der Waals surface area contributed by atoms with Crippen molar-refractivity contribution in [2.45, 2.75) is 34.1 Å². The third-order valence-corrected chi connectivity index (χ3v) is 5.27. The predicted octanol–water partition coefficient (Wildman–Crippen LogP) is 4.42. The van der Waals surface area contributed by atoms with Gasteiger partial charge in [-0.2, -0.15) is 5.10 Å². The monoisotopic (exact) mass is 419 g/mol. The molecule has 6 heteroatoms. The number of carbonyl (C=O) groups excluding carboxylic acids is 1. The zero-order valence-corrected chi connectivity index (χ0v) is 18.9. The molecule has 0 spiro atoms. The lowest BCUT2D eigenvalue weighted by Crippen LogP contribution is -2.19. The average Bonchev–Trinajstić information content (AvgIpc) is 3.01. The SMILES string of the molecule is COc1ccc(CC(=O)N/N=C\c2cc(C)n(-c3ccc(C)cc3C)c2C)cc1OC. The van der Waals surface area contributed by atoms with Crippen LogP contribution in [0.3, 0.4) is 0 Å². The first-order valence-corrected chi connectivity index (χ1v) is 10.1. The minimum Gasteiger partial charge on any atom is -0.493 e. The van der Waals surface area contributed by atoms with Crippen molar-refractivity contribution in [3.63, 3.8) is 0 Å². The third kappa shape index (κ3) is 4.97. The van der Waals surface area contributed by atoms with Gasteiger partial charge in [0.05, 0.1) is 26.9 Å².